The summed E-state index contributed by atoms with van der Waals surface area (Å²) in [4.78, 5) is 11.6. The van der Waals surface area contributed by atoms with Gasteiger partial charge in [0, 0.05) is 18.7 Å². The Morgan fingerprint density at radius 1 is 1.22 bits per heavy atom. The van der Waals surface area contributed by atoms with E-state index in [1.165, 1.54) is 31.5 Å². The Morgan fingerprint density at radius 2 is 1.96 bits per heavy atom. The first-order valence-electron chi connectivity index (χ1n) is 9.86. The fourth-order valence-corrected chi connectivity index (χ4v) is 3.22. The second-order valence-corrected chi connectivity index (χ2v) is 7.33. The van der Waals surface area contributed by atoms with Gasteiger partial charge < -0.3 is 20.0 Å². The summed E-state index contributed by atoms with van der Waals surface area (Å²) in [5.74, 6) is 2.20. The van der Waals surface area contributed by atoms with E-state index in [0.717, 1.165) is 30.3 Å². The summed E-state index contributed by atoms with van der Waals surface area (Å²) in [6.07, 6.45) is 4.18. The van der Waals surface area contributed by atoms with Crippen molar-refractivity contribution in [2.75, 3.05) is 33.2 Å². The van der Waals surface area contributed by atoms with Crippen molar-refractivity contribution in [1.29, 1.82) is 0 Å². The van der Waals surface area contributed by atoms with E-state index in [2.05, 4.69) is 58.5 Å². The molecule has 1 aromatic carbocycles. The number of guanidine groups is 1. The zero-order valence-electron chi connectivity index (χ0n) is 16.7. The topological polar surface area (TPSA) is 65.7 Å². The molecule has 1 fully saturated rings. The number of aromatic nitrogens is 1. The van der Waals surface area contributed by atoms with Crippen molar-refractivity contribution in [2.24, 2.45) is 10.9 Å². The Balaban J connectivity index is 1.55. The number of nitrogens with one attached hydrogen (secondary N) is 2. The molecular formula is C21H31N5O. The Labute approximate surface area is 162 Å². The highest BCUT2D eigenvalue weighted by Crippen LogP contribution is 2.19. The number of hydrogen-bond acceptors (Lipinski definition) is 4. The molecule has 146 valence electrons. The molecule has 6 heteroatoms. The van der Waals surface area contributed by atoms with E-state index in [1.54, 1.807) is 6.26 Å². The predicted molar refractivity (Wildman–Crippen MR) is 110 cm³/mol. The highest BCUT2D eigenvalue weighted by molar-refractivity contribution is 5.79. The van der Waals surface area contributed by atoms with Crippen LogP contribution >= 0.6 is 0 Å². The highest BCUT2D eigenvalue weighted by Gasteiger charge is 2.16. The van der Waals surface area contributed by atoms with Gasteiger partial charge in [-0.25, -0.2) is 9.98 Å². The number of hydrogen-bond donors (Lipinski definition) is 2. The van der Waals surface area contributed by atoms with E-state index < -0.39 is 0 Å². The van der Waals surface area contributed by atoms with Gasteiger partial charge in [0.25, 0.3) is 0 Å². The van der Waals surface area contributed by atoms with Gasteiger partial charge in [-0.1, -0.05) is 17.7 Å². The van der Waals surface area contributed by atoms with Gasteiger partial charge in [0.15, 0.2) is 5.96 Å². The molecule has 0 radical (unpaired) electrons. The van der Waals surface area contributed by atoms with Crippen LogP contribution in [0.4, 0.5) is 0 Å². The number of aliphatic imine (C=N–C) groups is 1. The van der Waals surface area contributed by atoms with Crippen molar-refractivity contribution in [1.82, 2.24) is 20.5 Å². The highest BCUT2D eigenvalue weighted by atomic mass is 16.3. The van der Waals surface area contributed by atoms with Crippen LogP contribution in [0.1, 0.15) is 31.0 Å². The number of likely N-dealkylation sites (tertiary alicyclic amines) is 1. The fourth-order valence-electron chi connectivity index (χ4n) is 3.22. The van der Waals surface area contributed by atoms with Crippen molar-refractivity contribution < 1.29 is 4.42 Å². The molecule has 0 atom stereocenters. The standard InChI is InChI=1S/C21H31N5O/c1-4-22-21(23-13-17-9-11-26(3)12-10-17)24-14-19-15-27-20(25-19)18-7-5-16(2)6-8-18/h5-8,15,17H,4,9-14H2,1-3H3,(H2,22,23,24). The maximum atomic E-state index is 5.62. The molecule has 2 heterocycles. The second-order valence-electron chi connectivity index (χ2n) is 7.33. The third-order valence-corrected chi connectivity index (χ3v) is 4.99. The van der Waals surface area contributed by atoms with Crippen LogP contribution < -0.4 is 10.6 Å². The molecule has 6 nitrogen and oxygen atoms in total. The van der Waals surface area contributed by atoms with Crippen molar-refractivity contribution in [3.8, 4) is 11.5 Å². The Bertz CT molecular complexity index is 729. The average Bonchev–Trinajstić information content (AvgIpc) is 3.15. The lowest BCUT2D eigenvalue weighted by Crippen LogP contribution is -2.42. The smallest absolute Gasteiger partial charge is 0.226 e. The summed E-state index contributed by atoms with van der Waals surface area (Å²) < 4.78 is 5.62. The van der Waals surface area contributed by atoms with Crippen LogP contribution in [0.15, 0.2) is 39.9 Å². The van der Waals surface area contributed by atoms with E-state index in [0.29, 0.717) is 18.4 Å². The lowest BCUT2D eigenvalue weighted by molar-refractivity contribution is 0.220. The lowest BCUT2D eigenvalue weighted by atomic mass is 9.97. The van der Waals surface area contributed by atoms with Crippen LogP contribution in [0.5, 0.6) is 0 Å². The second kappa shape index (κ2) is 9.55. The van der Waals surface area contributed by atoms with Gasteiger partial charge in [0.2, 0.25) is 5.89 Å². The third-order valence-electron chi connectivity index (χ3n) is 4.99. The molecule has 1 saturated heterocycles. The normalized spacial score (nSPS) is 16.5. The van der Waals surface area contributed by atoms with Crippen LogP contribution in [-0.4, -0.2) is 49.1 Å². The van der Waals surface area contributed by atoms with E-state index in [1.807, 2.05) is 12.1 Å². The largest absolute Gasteiger partial charge is 0.444 e. The summed E-state index contributed by atoms with van der Waals surface area (Å²) in [7, 11) is 2.19. The molecule has 0 amide bonds. The molecular weight excluding hydrogens is 338 g/mol. The summed E-state index contributed by atoms with van der Waals surface area (Å²) in [6.45, 7) is 8.82. The molecule has 2 aromatic rings. The van der Waals surface area contributed by atoms with Crippen LogP contribution in [0.25, 0.3) is 11.5 Å². The molecule has 0 unspecified atom stereocenters. The maximum absolute atomic E-state index is 5.62. The molecule has 1 aliphatic heterocycles. The van der Waals surface area contributed by atoms with E-state index in [-0.39, 0.29) is 0 Å². The Kier molecular flexibility index (Phi) is 6.87. The van der Waals surface area contributed by atoms with Crippen molar-refractivity contribution >= 4 is 5.96 Å². The minimum absolute atomic E-state index is 0.498. The van der Waals surface area contributed by atoms with Crippen molar-refractivity contribution in [2.45, 2.75) is 33.2 Å². The van der Waals surface area contributed by atoms with Gasteiger partial charge in [0.1, 0.15) is 12.0 Å². The van der Waals surface area contributed by atoms with Crippen LogP contribution in [0.3, 0.4) is 0 Å². The Morgan fingerprint density at radius 3 is 2.67 bits per heavy atom. The Hall–Kier alpha value is -2.34. The first-order valence-corrected chi connectivity index (χ1v) is 9.86. The van der Waals surface area contributed by atoms with E-state index >= 15 is 0 Å². The van der Waals surface area contributed by atoms with Gasteiger partial charge in [-0.15, -0.1) is 0 Å². The van der Waals surface area contributed by atoms with Gasteiger partial charge in [-0.05, 0) is 64.9 Å². The van der Waals surface area contributed by atoms with E-state index in [4.69, 9.17) is 4.42 Å². The molecule has 27 heavy (non-hydrogen) atoms. The molecule has 0 aliphatic carbocycles. The number of nitrogens with zero attached hydrogens (tertiary/aromatic N) is 3. The zero-order valence-corrected chi connectivity index (χ0v) is 16.7. The first-order chi connectivity index (χ1) is 13.1. The monoisotopic (exact) mass is 369 g/mol. The minimum Gasteiger partial charge on any atom is -0.444 e. The number of piperidine rings is 1. The quantitative estimate of drug-likeness (QED) is 0.605. The predicted octanol–water partition coefficient (Wildman–Crippen LogP) is 3.05. The number of rotatable bonds is 6. The van der Waals surface area contributed by atoms with Gasteiger partial charge in [-0.3, -0.25) is 0 Å². The van der Waals surface area contributed by atoms with Crippen LogP contribution in [0, 0.1) is 12.8 Å². The minimum atomic E-state index is 0.498. The molecule has 0 spiro atoms. The fraction of sp³-hybridized carbons (Fsp3) is 0.524. The number of aryl methyl sites for hydroxylation is 1. The van der Waals surface area contributed by atoms with Gasteiger partial charge in [0.05, 0.1) is 6.54 Å². The lowest BCUT2D eigenvalue weighted by Gasteiger charge is -2.29. The summed E-state index contributed by atoms with van der Waals surface area (Å²) >= 11 is 0. The van der Waals surface area contributed by atoms with Gasteiger partial charge in [-0.2, -0.15) is 0 Å². The summed E-state index contributed by atoms with van der Waals surface area (Å²) in [5.41, 5.74) is 3.05. The zero-order chi connectivity index (χ0) is 19.1. The molecule has 0 saturated carbocycles. The van der Waals surface area contributed by atoms with Gasteiger partial charge >= 0.3 is 0 Å². The molecule has 2 N–H and O–H groups in total. The van der Waals surface area contributed by atoms with Crippen LogP contribution in [-0.2, 0) is 6.54 Å². The first kappa shape index (κ1) is 19.4. The summed E-state index contributed by atoms with van der Waals surface area (Å²) in [6, 6.07) is 8.18. The maximum Gasteiger partial charge on any atom is 0.226 e. The molecule has 0 bridgehead atoms. The number of oxazole rings is 1. The van der Waals surface area contributed by atoms with E-state index in [9.17, 15) is 0 Å². The average molecular weight is 370 g/mol. The summed E-state index contributed by atoms with van der Waals surface area (Å²) in [5, 5.41) is 6.80. The van der Waals surface area contributed by atoms with Crippen molar-refractivity contribution in [3.63, 3.8) is 0 Å². The third kappa shape index (κ3) is 5.82. The van der Waals surface area contributed by atoms with Crippen LogP contribution in [0.2, 0.25) is 0 Å². The molecule has 1 aliphatic rings. The molecule has 3 rings (SSSR count). The van der Waals surface area contributed by atoms with Crippen molar-refractivity contribution in [3.05, 3.63) is 41.8 Å². The number of benzene rings is 1. The molecule has 1 aromatic heterocycles. The SMILES string of the molecule is CCNC(=NCc1coc(-c2ccc(C)cc2)n1)NCC1CCN(C)CC1.